The number of alkyl carbamates (subject to hydrolysis) is 1. The fourth-order valence-electron chi connectivity index (χ4n) is 0.364. The van der Waals surface area contributed by atoms with E-state index in [0.717, 1.165) is 0 Å². The van der Waals surface area contributed by atoms with Crippen LogP contribution in [0.25, 0.3) is 0 Å². The smallest absolute Gasteiger partial charge is 0.407 e. The predicted octanol–water partition coefficient (Wildman–Crippen LogP) is 0.502. The summed E-state index contributed by atoms with van der Waals surface area (Å²) in [5.74, 6) is 0. The molecule has 0 aliphatic carbocycles. The molecule has 0 aromatic rings. The Balaban J connectivity index is 3.87. The molecule has 0 aliphatic heterocycles. The molecular formula is C7H15NO3. The van der Waals surface area contributed by atoms with Crippen LogP contribution in [0.5, 0.6) is 0 Å². The maximum Gasteiger partial charge on any atom is 0.407 e. The molecule has 0 saturated carbocycles. The first-order valence-corrected chi connectivity index (χ1v) is 3.48. The van der Waals surface area contributed by atoms with E-state index in [0.29, 0.717) is 0 Å². The van der Waals surface area contributed by atoms with Crippen molar-refractivity contribution in [3.63, 3.8) is 0 Å². The van der Waals surface area contributed by atoms with Crippen LogP contribution in [-0.2, 0) is 4.74 Å². The van der Waals surface area contributed by atoms with Crippen LogP contribution in [0.3, 0.4) is 0 Å². The Kier molecular flexibility index (Phi) is 3.32. The zero-order valence-electron chi connectivity index (χ0n) is 7.34. The van der Waals surface area contributed by atoms with Gasteiger partial charge in [0.1, 0.15) is 6.10 Å². The third kappa shape index (κ3) is 3.83. The molecule has 4 heteroatoms. The van der Waals surface area contributed by atoms with Crippen LogP contribution in [-0.4, -0.2) is 30.0 Å². The zero-order valence-corrected chi connectivity index (χ0v) is 7.34. The first kappa shape index (κ1) is 10.2. The Bertz CT molecular complexity index is 139. The van der Waals surface area contributed by atoms with Crippen LogP contribution < -0.4 is 5.32 Å². The number of carbonyl (C=O) groups is 1. The standard InChI is InChI=1S/C7H15NO3/c1-5(7(2,3)10)11-6(9)8-4/h5,10H,1-4H3,(H,8,9). The molecular weight excluding hydrogens is 146 g/mol. The lowest BCUT2D eigenvalue weighted by Gasteiger charge is -2.25. The van der Waals surface area contributed by atoms with Crippen LogP contribution in [0.4, 0.5) is 4.79 Å². The van der Waals surface area contributed by atoms with Crippen LogP contribution >= 0.6 is 0 Å². The average molecular weight is 161 g/mol. The molecule has 0 aromatic carbocycles. The van der Waals surface area contributed by atoms with Gasteiger partial charge in [-0.05, 0) is 20.8 Å². The van der Waals surface area contributed by atoms with Gasteiger partial charge in [-0.1, -0.05) is 0 Å². The normalized spacial score (nSPS) is 13.9. The van der Waals surface area contributed by atoms with Crippen molar-refractivity contribution in [2.24, 2.45) is 0 Å². The third-order valence-electron chi connectivity index (χ3n) is 1.48. The minimum absolute atomic E-state index is 0.512. The van der Waals surface area contributed by atoms with Crippen molar-refractivity contribution in [1.82, 2.24) is 5.32 Å². The highest BCUT2D eigenvalue weighted by Crippen LogP contribution is 2.11. The second kappa shape index (κ2) is 3.57. The second-order valence-electron chi connectivity index (χ2n) is 2.95. The topological polar surface area (TPSA) is 58.6 Å². The van der Waals surface area contributed by atoms with Crippen LogP contribution in [0.15, 0.2) is 0 Å². The molecule has 1 amide bonds. The molecule has 0 aliphatic rings. The Morgan fingerprint density at radius 2 is 2.09 bits per heavy atom. The van der Waals surface area contributed by atoms with Crippen LogP contribution in [0, 0.1) is 0 Å². The van der Waals surface area contributed by atoms with Gasteiger partial charge in [0.2, 0.25) is 0 Å². The van der Waals surface area contributed by atoms with Crippen molar-refractivity contribution in [2.45, 2.75) is 32.5 Å². The van der Waals surface area contributed by atoms with Crippen LogP contribution in [0.1, 0.15) is 20.8 Å². The number of hydrogen-bond donors (Lipinski definition) is 2. The number of aliphatic hydroxyl groups is 1. The summed E-state index contributed by atoms with van der Waals surface area (Å²) in [5.41, 5.74) is -0.994. The lowest BCUT2D eigenvalue weighted by Crippen LogP contribution is -2.39. The average Bonchev–Trinajstić information content (AvgIpc) is 1.85. The van der Waals surface area contributed by atoms with E-state index in [9.17, 15) is 9.90 Å². The summed E-state index contributed by atoms with van der Waals surface area (Å²) in [6.07, 6.45) is -1.04. The summed E-state index contributed by atoms with van der Waals surface area (Å²) in [5, 5.41) is 11.6. The molecule has 0 radical (unpaired) electrons. The van der Waals surface area contributed by atoms with E-state index >= 15 is 0 Å². The first-order chi connectivity index (χ1) is 4.88. The van der Waals surface area contributed by atoms with Crippen LogP contribution in [0.2, 0.25) is 0 Å². The van der Waals surface area contributed by atoms with E-state index in [-0.39, 0.29) is 0 Å². The summed E-state index contributed by atoms with van der Waals surface area (Å²) in [6, 6.07) is 0. The predicted molar refractivity (Wildman–Crippen MR) is 41.3 cm³/mol. The molecule has 11 heavy (non-hydrogen) atoms. The van der Waals surface area contributed by atoms with Gasteiger partial charge in [-0.3, -0.25) is 0 Å². The Labute approximate surface area is 66.5 Å². The van der Waals surface area contributed by atoms with Crippen molar-refractivity contribution in [2.75, 3.05) is 7.05 Å². The Morgan fingerprint density at radius 1 is 1.64 bits per heavy atom. The fourth-order valence-corrected chi connectivity index (χ4v) is 0.364. The number of rotatable bonds is 2. The van der Waals surface area contributed by atoms with Gasteiger partial charge in [-0.15, -0.1) is 0 Å². The van der Waals surface area contributed by atoms with E-state index in [2.05, 4.69) is 5.32 Å². The molecule has 1 unspecified atom stereocenters. The molecule has 1 atom stereocenters. The molecule has 0 aromatic heterocycles. The number of ether oxygens (including phenoxy) is 1. The maximum atomic E-state index is 10.6. The minimum Gasteiger partial charge on any atom is -0.444 e. The van der Waals surface area contributed by atoms with Gasteiger partial charge in [-0.2, -0.15) is 0 Å². The summed E-state index contributed by atoms with van der Waals surface area (Å²) >= 11 is 0. The third-order valence-corrected chi connectivity index (χ3v) is 1.48. The lowest BCUT2D eigenvalue weighted by atomic mass is 10.0. The number of nitrogens with one attached hydrogen (secondary N) is 1. The van der Waals surface area contributed by atoms with Gasteiger partial charge in [0, 0.05) is 7.05 Å². The molecule has 0 saturated heterocycles. The number of carbonyl (C=O) groups excluding carboxylic acids is 1. The highest BCUT2D eigenvalue weighted by molar-refractivity contribution is 5.66. The molecule has 0 bridgehead atoms. The van der Waals surface area contributed by atoms with E-state index in [1.165, 1.54) is 7.05 Å². The van der Waals surface area contributed by atoms with Crippen molar-refractivity contribution in [3.8, 4) is 0 Å². The molecule has 4 nitrogen and oxygen atoms in total. The molecule has 0 rings (SSSR count). The molecule has 66 valence electrons. The molecule has 2 N–H and O–H groups in total. The van der Waals surface area contributed by atoms with Gasteiger partial charge < -0.3 is 15.2 Å². The van der Waals surface area contributed by atoms with Crippen molar-refractivity contribution in [1.29, 1.82) is 0 Å². The molecule has 0 heterocycles. The first-order valence-electron chi connectivity index (χ1n) is 3.48. The lowest BCUT2D eigenvalue weighted by molar-refractivity contribution is -0.0453. The molecule has 0 spiro atoms. The van der Waals surface area contributed by atoms with Gasteiger partial charge in [-0.25, -0.2) is 4.79 Å². The minimum atomic E-state index is -0.994. The van der Waals surface area contributed by atoms with E-state index in [1.807, 2.05) is 0 Å². The summed E-state index contributed by atoms with van der Waals surface area (Å²) in [7, 11) is 1.47. The van der Waals surface area contributed by atoms with Gasteiger partial charge in [0.15, 0.2) is 0 Å². The Morgan fingerprint density at radius 3 is 2.36 bits per heavy atom. The largest absolute Gasteiger partial charge is 0.444 e. The van der Waals surface area contributed by atoms with Gasteiger partial charge in [0.05, 0.1) is 5.60 Å². The Hall–Kier alpha value is -0.770. The van der Waals surface area contributed by atoms with Gasteiger partial charge >= 0.3 is 6.09 Å². The van der Waals surface area contributed by atoms with Gasteiger partial charge in [0.25, 0.3) is 0 Å². The van der Waals surface area contributed by atoms with Crippen molar-refractivity contribution >= 4 is 6.09 Å². The van der Waals surface area contributed by atoms with E-state index in [1.54, 1.807) is 20.8 Å². The SMILES string of the molecule is CNC(=O)OC(C)C(C)(C)O. The quantitative estimate of drug-likeness (QED) is 0.620. The highest BCUT2D eigenvalue weighted by atomic mass is 16.6. The van der Waals surface area contributed by atoms with E-state index < -0.39 is 17.8 Å². The monoisotopic (exact) mass is 161 g/mol. The number of amides is 1. The van der Waals surface area contributed by atoms with Crippen molar-refractivity contribution < 1.29 is 14.6 Å². The summed E-state index contributed by atoms with van der Waals surface area (Å²) in [4.78, 5) is 10.6. The highest BCUT2D eigenvalue weighted by Gasteiger charge is 2.25. The second-order valence-corrected chi connectivity index (χ2v) is 2.95. The number of hydrogen-bond acceptors (Lipinski definition) is 3. The molecule has 0 fully saturated rings. The maximum absolute atomic E-state index is 10.6. The van der Waals surface area contributed by atoms with E-state index in [4.69, 9.17) is 4.74 Å². The fraction of sp³-hybridized carbons (Fsp3) is 0.857. The zero-order chi connectivity index (χ0) is 9.07. The summed E-state index contributed by atoms with van der Waals surface area (Å²) < 4.78 is 4.76. The van der Waals surface area contributed by atoms with Crippen molar-refractivity contribution in [3.05, 3.63) is 0 Å². The summed E-state index contributed by atoms with van der Waals surface area (Å²) in [6.45, 7) is 4.80.